The van der Waals surface area contributed by atoms with Crippen LogP contribution in [-0.2, 0) is 23.0 Å². The van der Waals surface area contributed by atoms with E-state index in [2.05, 4.69) is 15.6 Å². The van der Waals surface area contributed by atoms with Crippen LogP contribution in [0.5, 0.6) is 11.5 Å². The first-order chi connectivity index (χ1) is 14.2. The van der Waals surface area contributed by atoms with Crippen LogP contribution in [0, 0.1) is 0 Å². The van der Waals surface area contributed by atoms with Gasteiger partial charge in [0.05, 0.1) is 20.8 Å². The number of ether oxygens (including phenoxy) is 2. The fourth-order valence-corrected chi connectivity index (χ4v) is 3.80. The molecule has 30 heavy (non-hydrogen) atoms. The molecule has 0 spiro atoms. The van der Waals surface area contributed by atoms with Crippen molar-refractivity contribution in [1.82, 2.24) is 10.6 Å². The van der Waals surface area contributed by atoms with Gasteiger partial charge >= 0.3 is 0 Å². The number of benzene rings is 2. The molecule has 1 unspecified atom stereocenters. The summed E-state index contributed by atoms with van der Waals surface area (Å²) in [5.74, 6) is 3.31. The number of hydrogen-bond donors (Lipinski definition) is 2. The SMILES string of the molecule is CCNC(=NCCS(=O)Cc1ccccc1)NCCc1ccc(OC)c(OC)c1.I. The summed E-state index contributed by atoms with van der Waals surface area (Å²) in [5, 5.41) is 6.55. The number of nitrogens with one attached hydrogen (secondary N) is 2. The average molecular weight is 545 g/mol. The van der Waals surface area contributed by atoms with Gasteiger partial charge in [0, 0.05) is 35.4 Å². The summed E-state index contributed by atoms with van der Waals surface area (Å²) in [6.07, 6.45) is 0.824. The van der Waals surface area contributed by atoms with Crippen LogP contribution in [0.3, 0.4) is 0 Å². The van der Waals surface area contributed by atoms with Crippen molar-refractivity contribution in [2.75, 3.05) is 39.6 Å². The number of hydrogen-bond acceptors (Lipinski definition) is 4. The number of halogens is 1. The largest absolute Gasteiger partial charge is 0.493 e. The molecule has 166 valence electrons. The molecule has 0 aromatic heterocycles. The average Bonchev–Trinajstić information content (AvgIpc) is 2.74. The molecule has 6 nitrogen and oxygen atoms in total. The van der Waals surface area contributed by atoms with E-state index < -0.39 is 10.8 Å². The van der Waals surface area contributed by atoms with Crippen LogP contribution in [0.25, 0.3) is 0 Å². The molecule has 0 aliphatic heterocycles. The fourth-order valence-electron chi connectivity index (χ4n) is 2.79. The Hall–Kier alpha value is -1.81. The van der Waals surface area contributed by atoms with Crippen molar-refractivity contribution in [3.05, 3.63) is 59.7 Å². The first-order valence-electron chi connectivity index (χ1n) is 9.78. The van der Waals surface area contributed by atoms with E-state index in [9.17, 15) is 4.21 Å². The first kappa shape index (κ1) is 26.2. The van der Waals surface area contributed by atoms with Gasteiger partial charge in [0.2, 0.25) is 0 Å². The van der Waals surface area contributed by atoms with E-state index in [1.807, 2.05) is 55.5 Å². The molecule has 0 saturated carbocycles. The predicted molar refractivity (Wildman–Crippen MR) is 136 cm³/mol. The Morgan fingerprint density at radius 2 is 1.73 bits per heavy atom. The van der Waals surface area contributed by atoms with Crippen LogP contribution in [0.15, 0.2) is 53.5 Å². The second-order valence-electron chi connectivity index (χ2n) is 6.40. The van der Waals surface area contributed by atoms with Crippen molar-refractivity contribution in [1.29, 1.82) is 0 Å². The van der Waals surface area contributed by atoms with Crippen molar-refractivity contribution < 1.29 is 13.7 Å². The second kappa shape index (κ2) is 15.1. The quantitative estimate of drug-likeness (QED) is 0.258. The number of aliphatic imine (C=N–C) groups is 1. The Kier molecular flexibility index (Phi) is 13.2. The first-order valence-corrected chi connectivity index (χ1v) is 11.3. The van der Waals surface area contributed by atoms with E-state index in [4.69, 9.17) is 9.47 Å². The molecule has 0 heterocycles. The smallest absolute Gasteiger partial charge is 0.191 e. The maximum atomic E-state index is 12.2. The third-order valence-electron chi connectivity index (χ3n) is 4.26. The van der Waals surface area contributed by atoms with Crippen molar-refractivity contribution in [2.45, 2.75) is 19.1 Å². The van der Waals surface area contributed by atoms with Gasteiger partial charge in [0.25, 0.3) is 0 Å². The summed E-state index contributed by atoms with van der Waals surface area (Å²) in [6, 6.07) is 15.8. The van der Waals surface area contributed by atoms with E-state index >= 15 is 0 Å². The molecule has 0 radical (unpaired) electrons. The lowest BCUT2D eigenvalue weighted by molar-refractivity contribution is 0.354. The summed E-state index contributed by atoms with van der Waals surface area (Å²) in [5.41, 5.74) is 2.24. The Bertz CT molecular complexity index is 803. The van der Waals surface area contributed by atoms with E-state index in [1.54, 1.807) is 14.2 Å². The van der Waals surface area contributed by atoms with Crippen molar-refractivity contribution in [2.24, 2.45) is 4.99 Å². The lowest BCUT2D eigenvalue weighted by atomic mass is 10.1. The molecular formula is C22H32IN3O3S. The van der Waals surface area contributed by atoms with E-state index in [-0.39, 0.29) is 24.0 Å². The van der Waals surface area contributed by atoms with Gasteiger partial charge in [0.1, 0.15) is 0 Å². The summed E-state index contributed by atoms with van der Waals surface area (Å²) in [4.78, 5) is 4.54. The van der Waals surface area contributed by atoms with Gasteiger partial charge in [0.15, 0.2) is 17.5 Å². The minimum atomic E-state index is -0.922. The zero-order valence-electron chi connectivity index (χ0n) is 17.8. The van der Waals surface area contributed by atoms with E-state index in [0.29, 0.717) is 18.1 Å². The van der Waals surface area contributed by atoms with Gasteiger partial charge in [-0.1, -0.05) is 36.4 Å². The van der Waals surface area contributed by atoms with Crippen LogP contribution >= 0.6 is 24.0 Å². The Balaban J connectivity index is 0.00000450. The van der Waals surface area contributed by atoms with E-state index in [0.717, 1.165) is 48.1 Å². The molecule has 0 amide bonds. The molecule has 1 atom stereocenters. The molecule has 0 bridgehead atoms. The monoisotopic (exact) mass is 545 g/mol. The van der Waals surface area contributed by atoms with Crippen LogP contribution in [-0.4, -0.2) is 49.8 Å². The van der Waals surface area contributed by atoms with Crippen LogP contribution in [0.4, 0.5) is 0 Å². The zero-order chi connectivity index (χ0) is 20.9. The standard InChI is InChI=1S/C22H31N3O3S.HI/c1-4-23-22(25-14-15-29(26)17-19-8-6-5-7-9-19)24-13-12-18-10-11-20(27-2)21(16-18)28-3;/h5-11,16H,4,12-15,17H2,1-3H3,(H2,23,24,25);1H. The minimum absolute atomic E-state index is 0. The number of rotatable bonds is 11. The Labute approximate surface area is 199 Å². The number of nitrogens with zero attached hydrogens (tertiary/aromatic N) is 1. The molecule has 2 N–H and O–H groups in total. The number of guanidine groups is 1. The van der Waals surface area contributed by atoms with Gasteiger partial charge in [-0.15, -0.1) is 24.0 Å². The highest BCUT2D eigenvalue weighted by molar-refractivity contribution is 14.0. The van der Waals surface area contributed by atoms with E-state index in [1.165, 1.54) is 0 Å². The topological polar surface area (TPSA) is 72.0 Å². The normalized spacial score (nSPS) is 11.9. The van der Waals surface area contributed by atoms with Gasteiger partial charge in [-0.3, -0.25) is 9.20 Å². The van der Waals surface area contributed by atoms with Gasteiger partial charge in [-0.2, -0.15) is 0 Å². The third kappa shape index (κ3) is 9.34. The molecule has 2 aromatic rings. The zero-order valence-corrected chi connectivity index (χ0v) is 21.0. The van der Waals surface area contributed by atoms with Crippen molar-refractivity contribution in [3.63, 3.8) is 0 Å². The highest BCUT2D eigenvalue weighted by atomic mass is 127. The van der Waals surface area contributed by atoms with Crippen LogP contribution in [0.2, 0.25) is 0 Å². The van der Waals surface area contributed by atoms with Crippen molar-refractivity contribution in [3.8, 4) is 11.5 Å². The lowest BCUT2D eigenvalue weighted by Crippen LogP contribution is -2.38. The van der Waals surface area contributed by atoms with Gasteiger partial charge in [-0.25, -0.2) is 0 Å². The van der Waals surface area contributed by atoms with Crippen LogP contribution in [0.1, 0.15) is 18.1 Å². The highest BCUT2D eigenvalue weighted by Gasteiger charge is 2.05. The molecule has 0 saturated heterocycles. The molecule has 0 fully saturated rings. The maximum Gasteiger partial charge on any atom is 0.191 e. The van der Waals surface area contributed by atoms with Gasteiger partial charge in [-0.05, 0) is 36.6 Å². The number of methoxy groups -OCH3 is 2. The fraction of sp³-hybridized carbons (Fsp3) is 0.409. The summed E-state index contributed by atoms with van der Waals surface area (Å²) >= 11 is 0. The molecule has 0 aliphatic rings. The molecule has 0 aliphatic carbocycles. The molecular weight excluding hydrogens is 513 g/mol. The molecule has 8 heteroatoms. The predicted octanol–water partition coefficient (Wildman–Crippen LogP) is 3.37. The third-order valence-corrected chi connectivity index (χ3v) is 5.55. The molecule has 2 aromatic carbocycles. The summed E-state index contributed by atoms with van der Waals surface area (Å²) in [7, 11) is 2.34. The minimum Gasteiger partial charge on any atom is -0.493 e. The Morgan fingerprint density at radius 3 is 2.40 bits per heavy atom. The summed E-state index contributed by atoms with van der Waals surface area (Å²) in [6.45, 7) is 4.05. The van der Waals surface area contributed by atoms with Crippen molar-refractivity contribution >= 4 is 40.7 Å². The Morgan fingerprint density at radius 1 is 1.00 bits per heavy atom. The van der Waals surface area contributed by atoms with Gasteiger partial charge < -0.3 is 20.1 Å². The second-order valence-corrected chi connectivity index (χ2v) is 7.98. The molecule has 2 rings (SSSR count). The lowest BCUT2D eigenvalue weighted by Gasteiger charge is -2.12. The summed E-state index contributed by atoms with van der Waals surface area (Å²) < 4.78 is 22.9. The highest BCUT2D eigenvalue weighted by Crippen LogP contribution is 2.27. The van der Waals surface area contributed by atoms with Crippen LogP contribution < -0.4 is 20.1 Å². The maximum absolute atomic E-state index is 12.2.